The molecule has 0 saturated heterocycles. The van der Waals surface area contributed by atoms with Crippen LogP contribution in [0.5, 0.6) is 0 Å². The van der Waals surface area contributed by atoms with Crippen LogP contribution in [0.3, 0.4) is 0 Å². The largest absolute Gasteiger partial charge is 0.361 e. The normalized spacial score (nSPS) is 11.5. The van der Waals surface area contributed by atoms with Gasteiger partial charge in [-0.2, -0.15) is 5.10 Å². The Bertz CT molecular complexity index is 924. The average Bonchev–Trinajstić information content (AvgIpc) is 3.24. The smallest absolute Gasteiger partial charge is 0.191 e. The van der Waals surface area contributed by atoms with Crippen LogP contribution in [-0.2, 0) is 32.9 Å². The lowest BCUT2D eigenvalue weighted by molar-refractivity contribution is 0.702. The number of fused-ring (bicyclic) bond motifs is 1. The van der Waals surface area contributed by atoms with Gasteiger partial charge < -0.3 is 15.6 Å². The number of nitrogens with zero attached hydrogens (tertiary/aromatic N) is 3. The summed E-state index contributed by atoms with van der Waals surface area (Å²) in [7, 11) is 3.83. The zero-order chi connectivity index (χ0) is 19.2. The lowest BCUT2D eigenvalue weighted by Gasteiger charge is -2.13. The third kappa shape index (κ3) is 4.87. The van der Waals surface area contributed by atoms with Gasteiger partial charge in [0.25, 0.3) is 0 Å². The fraction of sp³-hybridized carbons (Fsp3) is 0.429. The molecule has 0 fully saturated rings. The summed E-state index contributed by atoms with van der Waals surface area (Å²) in [5.41, 5.74) is 6.25. The Balaban J connectivity index is 0.00000280. The Morgan fingerprint density at radius 2 is 1.96 bits per heavy atom. The number of halogens is 1. The molecule has 0 bridgehead atoms. The quantitative estimate of drug-likeness (QED) is 0.267. The summed E-state index contributed by atoms with van der Waals surface area (Å²) in [4.78, 5) is 7.69. The summed E-state index contributed by atoms with van der Waals surface area (Å²) in [6.45, 7) is 5.90. The molecular weight excluding hydrogens is 463 g/mol. The number of para-hydroxylation sites is 1. The molecule has 0 radical (unpaired) electrons. The van der Waals surface area contributed by atoms with Crippen LogP contribution in [0.1, 0.15) is 36.4 Å². The van der Waals surface area contributed by atoms with Crippen molar-refractivity contribution in [3.05, 3.63) is 53.0 Å². The number of benzene rings is 1. The van der Waals surface area contributed by atoms with E-state index in [9.17, 15) is 0 Å². The summed E-state index contributed by atoms with van der Waals surface area (Å²) < 4.78 is 2.00. The second kappa shape index (κ2) is 10.5. The first-order valence-electron chi connectivity index (χ1n) is 9.71. The first-order chi connectivity index (χ1) is 13.2. The van der Waals surface area contributed by atoms with Gasteiger partial charge in [-0.1, -0.05) is 32.0 Å². The molecule has 3 rings (SSSR count). The fourth-order valence-corrected chi connectivity index (χ4v) is 3.64. The second-order valence-corrected chi connectivity index (χ2v) is 6.66. The molecule has 0 atom stereocenters. The average molecular weight is 494 g/mol. The van der Waals surface area contributed by atoms with E-state index in [1.54, 1.807) is 0 Å². The maximum absolute atomic E-state index is 4.64. The van der Waals surface area contributed by atoms with Crippen molar-refractivity contribution in [2.24, 2.45) is 12.0 Å². The molecular formula is C21H31IN6. The number of hydrogen-bond donors (Lipinski definition) is 3. The SMILES string of the molecule is CCc1nn(C)c(CC)c1CNC(=NC)NCCc1c[nH]c2ccccc12.I. The second-order valence-electron chi connectivity index (χ2n) is 6.66. The summed E-state index contributed by atoms with van der Waals surface area (Å²) in [5.74, 6) is 0.822. The van der Waals surface area contributed by atoms with E-state index in [0.29, 0.717) is 0 Å². The monoisotopic (exact) mass is 494 g/mol. The summed E-state index contributed by atoms with van der Waals surface area (Å²) in [6.07, 6.45) is 4.96. The van der Waals surface area contributed by atoms with Crippen molar-refractivity contribution in [3.63, 3.8) is 0 Å². The molecule has 6 nitrogen and oxygen atoms in total. The van der Waals surface area contributed by atoms with Gasteiger partial charge in [-0.25, -0.2) is 0 Å². The number of aromatic amines is 1. The molecule has 0 aliphatic heterocycles. The first kappa shape index (κ1) is 22.3. The molecule has 0 aliphatic rings. The molecule has 152 valence electrons. The van der Waals surface area contributed by atoms with Gasteiger partial charge in [0.05, 0.1) is 5.69 Å². The van der Waals surface area contributed by atoms with Crippen molar-refractivity contribution >= 4 is 40.8 Å². The number of aromatic nitrogens is 3. The molecule has 7 heteroatoms. The zero-order valence-corrected chi connectivity index (χ0v) is 19.5. The Morgan fingerprint density at radius 3 is 2.68 bits per heavy atom. The highest BCUT2D eigenvalue weighted by Gasteiger charge is 2.13. The molecule has 0 unspecified atom stereocenters. The van der Waals surface area contributed by atoms with Gasteiger partial charge >= 0.3 is 0 Å². The molecule has 2 aromatic heterocycles. The summed E-state index contributed by atoms with van der Waals surface area (Å²) >= 11 is 0. The van der Waals surface area contributed by atoms with Crippen LogP contribution >= 0.6 is 24.0 Å². The summed E-state index contributed by atoms with van der Waals surface area (Å²) in [5, 5.41) is 12.8. The van der Waals surface area contributed by atoms with E-state index in [-0.39, 0.29) is 24.0 Å². The van der Waals surface area contributed by atoms with Gasteiger partial charge in [-0.3, -0.25) is 9.67 Å². The highest BCUT2D eigenvalue weighted by Crippen LogP contribution is 2.18. The van der Waals surface area contributed by atoms with Crippen molar-refractivity contribution in [3.8, 4) is 0 Å². The molecule has 2 heterocycles. The van der Waals surface area contributed by atoms with Gasteiger partial charge in [-0.05, 0) is 30.9 Å². The van der Waals surface area contributed by atoms with E-state index in [4.69, 9.17) is 0 Å². The highest BCUT2D eigenvalue weighted by atomic mass is 127. The Hall–Kier alpha value is -2.03. The first-order valence-corrected chi connectivity index (χ1v) is 9.71. The number of aliphatic imine (C=N–C) groups is 1. The van der Waals surface area contributed by atoms with E-state index < -0.39 is 0 Å². The minimum Gasteiger partial charge on any atom is -0.361 e. The third-order valence-electron chi connectivity index (χ3n) is 5.05. The number of rotatable bonds is 7. The predicted molar refractivity (Wildman–Crippen MR) is 128 cm³/mol. The molecule has 3 aromatic rings. The van der Waals surface area contributed by atoms with Crippen molar-refractivity contribution in [1.82, 2.24) is 25.4 Å². The van der Waals surface area contributed by atoms with Crippen molar-refractivity contribution in [2.45, 2.75) is 39.7 Å². The van der Waals surface area contributed by atoms with Crippen LogP contribution in [0.4, 0.5) is 0 Å². The summed E-state index contributed by atoms with van der Waals surface area (Å²) in [6, 6.07) is 8.41. The Labute approximate surface area is 184 Å². The van der Waals surface area contributed by atoms with Gasteiger partial charge in [-0.15, -0.1) is 24.0 Å². The molecule has 3 N–H and O–H groups in total. The third-order valence-corrected chi connectivity index (χ3v) is 5.05. The number of aryl methyl sites for hydroxylation is 2. The van der Waals surface area contributed by atoms with E-state index >= 15 is 0 Å². The van der Waals surface area contributed by atoms with Gasteiger partial charge in [0.2, 0.25) is 0 Å². The van der Waals surface area contributed by atoms with Crippen LogP contribution < -0.4 is 10.6 Å². The molecule has 1 aromatic carbocycles. The van der Waals surface area contributed by atoms with Crippen LogP contribution in [0, 0.1) is 0 Å². The number of hydrogen-bond acceptors (Lipinski definition) is 2. The number of guanidine groups is 1. The number of H-pyrrole nitrogens is 1. The van der Waals surface area contributed by atoms with Crippen LogP contribution in [0.2, 0.25) is 0 Å². The minimum atomic E-state index is 0. The predicted octanol–water partition coefficient (Wildman–Crippen LogP) is 3.55. The Kier molecular flexibility index (Phi) is 8.35. The van der Waals surface area contributed by atoms with Crippen molar-refractivity contribution in [2.75, 3.05) is 13.6 Å². The van der Waals surface area contributed by atoms with E-state index in [2.05, 4.69) is 70.0 Å². The number of nitrogens with one attached hydrogen (secondary N) is 3. The lowest BCUT2D eigenvalue weighted by Crippen LogP contribution is -2.38. The van der Waals surface area contributed by atoms with Crippen LogP contribution in [-0.4, -0.2) is 34.3 Å². The molecule has 28 heavy (non-hydrogen) atoms. The lowest BCUT2D eigenvalue weighted by atomic mass is 10.1. The molecule has 0 spiro atoms. The maximum atomic E-state index is 4.64. The van der Waals surface area contributed by atoms with Crippen molar-refractivity contribution < 1.29 is 0 Å². The van der Waals surface area contributed by atoms with Gasteiger partial charge in [0, 0.05) is 55.5 Å². The van der Waals surface area contributed by atoms with Crippen LogP contribution in [0.15, 0.2) is 35.5 Å². The van der Waals surface area contributed by atoms with Crippen molar-refractivity contribution in [1.29, 1.82) is 0 Å². The molecule has 0 amide bonds. The molecule has 0 aliphatic carbocycles. The van der Waals surface area contributed by atoms with E-state index in [1.807, 2.05) is 18.8 Å². The van der Waals surface area contributed by atoms with E-state index in [1.165, 1.54) is 27.7 Å². The van der Waals surface area contributed by atoms with Gasteiger partial charge in [0.15, 0.2) is 5.96 Å². The minimum absolute atomic E-state index is 0. The highest BCUT2D eigenvalue weighted by molar-refractivity contribution is 14.0. The standard InChI is InChI=1S/C21H30N6.HI/c1-5-18-17(20(6-2)27(4)26-18)14-25-21(22-3)23-12-11-15-13-24-19-10-8-7-9-16(15)19;/h7-10,13,24H,5-6,11-12,14H2,1-4H3,(H2,22,23,25);1H. The zero-order valence-electron chi connectivity index (χ0n) is 17.2. The van der Waals surface area contributed by atoms with Crippen LogP contribution in [0.25, 0.3) is 10.9 Å². The Morgan fingerprint density at radius 1 is 1.18 bits per heavy atom. The van der Waals surface area contributed by atoms with E-state index in [0.717, 1.165) is 44.0 Å². The maximum Gasteiger partial charge on any atom is 0.191 e. The topological polar surface area (TPSA) is 70.0 Å². The fourth-order valence-electron chi connectivity index (χ4n) is 3.64. The van der Waals surface area contributed by atoms with Gasteiger partial charge in [0.1, 0.15) is 0 Å². The molecule has 0 saturated carbocycles.